The largest absolute Gasteiger partial charge is 0.383 e. The third-order valence-corrected chi connectivity index (χ3v) is 6.45. The second-order valence-corrected chi connectivity index (χ2v) is 9.15. The summed E-state index contributed by atoms with van der Waals surface area (Å²) in [5.74, 6) is -0.413. The summed E-state index contributed by atoms with van der Waals surface area (Å²) in [5.41, 5.74) is 9.37. The van der Waals surface area contributed by atoms with Gasteiger partial charge in [-0.15, -0.1) is 0 Å². The fraction of sp³-hybridized carbons (Fsp3) is 0.308. The number of benzene rings is 2. The maximum absolute atomic E-state index is 13.2. The van der Waals surface area contributed by atoms with Gasteiger partial charge in [0, 0.05) is 35.8 Å². The summed E-state index contributed by atoms with van der Waals surface area (Å²) in [6, 6.07) is 12.6. The molecule has 5 rings (SSSR count). The lowest BCUT2D eigenvalue weighted by molar-refractivity contribution is 0.0784. The Balaban J connectivity index is 1.42. The number of hydrogen-bond donors (Lipinski definition) is 2. The zero-order chi connectivity index (χ0) is 24.0. The number of imidazole rings is 1. The van der Waals surface area contributed by atoms with Crippen molar-refractivity contribution in [1.82, 2.24) is 19.8 Å². The van der Waals surface area contributed by atoms with Crippen LogP contribution >= 0.6 is 0 Å². The van der Waals surface area contributed by atoms with E-state index in [1.165, 1.54) is 6.33 Å². The zero-order valence-corrected chi connectivity index (χ0v) is 19.2. The second-order valence-electron chi connectivity index (χ2n) is 9.15. The molecule has 8 heteroatoms. The van der Waals surface area contributed by atoms with Gasteiger partial charge in [0.15, 0.2) is 5.69 Å². The fourth-order valence-electron chi connectivity index (χ4n) is 3.99. The maximum Gasteiger partial charge on any atom is 0.253 e. The summed E-state index contributed by atoms with van der Waals surface area (Å²) < 4.78 is 1.62. The Bertz CT molecular complexity index is 1300. The van der Waals surface area contributed by atoms with E-state index in [0.717, 1.165) is 31.2 Å². The van der Waals surface area contributed by atoms with Crippen molar-refractivity contribution in [2.45, 2.75) is 44.7 Å². The van der Waals surface area contributed by atoms with Crippen LogP contribution in [-0.4, -0.2) is 51.2 Å². The predicted octanol–water partition coefficient (Wildman–Crippen LogP) is 3.12. The Morgan fingerprint density at radius 3 is 2.47 bits per heavy atom. The lowest BCUT2D eigenvalue weighted by Gasteiger charge is -2.16. The van der Waals surface area contributed by atoms with E-state index in [4.69, 9.17) is 5.73 Å². The number of anilines is 1. The standard InChI is InChI=1S/C26H27N5O3/c1-15-6-7-17(25(33)29-19-8-9-19)13-21(15)31-14-28-22(24(31)27)23(32)16-4-3-5-18(12-16)26(34)30(2)20-10-11-20/h3-7,12-14,19-20H,8-11,27H2,1-2H3,(H,29,33). The van der Waals surface area contributed by atoms with Gasteiger partial charge in [0.05, 0.1) is 5.69 Å². The molecule has 0 spiro atoms. The molecule has 0 atom stereocenters. The highest BCUT2D eigenvalue weighted by Crippen LogP contribution is 2.28. The molecular formula is C26H27N5O3. The molecule has 34 heavy (non-hydrogen) atoms. The van der Waals surface area contributed by atoms with Gasteiger partial charge < -0.3 is 16.0 Å². The second kappa shape index (κ2) is 8.44. The van der Waals surface area contributed by atoms with Crippen molar-refractivity contribution in [1.29, 1.82) is 0 Å². The van der Waals surface area contributed by atoms with E-state index in [2.05, 4.69) is 10.3 Å². The van der Waals surface area contributed by atoms with Crippen LogP contribution in [0.15, 0.2) is 48.8 Å². The predicted molar refractivity (Wildman–Crippen MR) is 128 cm³/mol. The highest BCUT2D eigenvalue weighted by molar-refractivity contribution is 6.11. The van der Waals surface area contributed by atoms with Crippen molar-refractivity contribution in [3.05, 3.63) is 76.7 Å². The van der Waals surface area contributed by atoms with Gasteiger partial charge >= 0.3 is 0 Å². The number of nitrogen functional groups attached to an aromatic ring is 1. The van der Waals surface area contributed by atoms with Crippen LogP contribution in [0.2, 0.25) is 0 Å². The minimum atomic E-state index is -0.361. The molecule has 0 bridgehead atoms. The van der Waals surface area contributed by atoms with Crippen LogP contribution in [-0.2, 0) is 0 Å². The summed E-state index contributed by atoms with van der Waals surface area (Å²) in [4.78, 5) is 44.5. The molecule has 1 heterocycles. The van der Waals surface area contributed by atoms with E-state index in [-0.39, 0.29) is 41.2 Å². The molecule has 2 fully saturated rings. The molecule has 8 nitrogen and oxygen atoms in total. The molecule has 0 radical (unpaired) electrons. The van der Waals surface area contributed by atoms with Gasteiger partial charge in [-0.05, 0) is 62.4 Å². The molecule has 3 N–H and O–H groups in total. The van der Waals surface area contributed by atoms with Gasteiger partial charge in [-0.3, -0.25) is 19.0 Å². The molecule has 2 aromatic carbocycles. The number of carbonyl (C=O) groups is 3. The van der Waals surface area contributed by atoms with E-state index >= 15 is 0 Å². The third-order valence-electron chi connectivity index (χ3n) is 6.45. The van der Waals surface area contributed by atoms with Gasteiger partial charge in [-0.1, -0.05) is 18.2 Å². The van der Waals surface area contributed by atoms with Crippen LogP contribution < -0.4 is 11.1 Å². The van der Waals surface area contributed by atoms with Gasteiger partial charge in [0.2, 0.25) is 5.78 Å². The number of aromatic nitrogens is 2. The monoisotopic (exact) mass is 457 g/mol. The van der Waals surface area contributed by atoms with Crippen molar-refractivity contribution in [3.63, 3.8) is 0 Å². The Hall–Kier alpha value is -3.94. The molecule has 2 aliphatic rings. The fourth-order valence-corrected chi connectivity index (χ4v) is 3.99. The summed E-state index contributed by atoms with van der Waals surface area (Å²) in [5, 5.41) is 2.98. The van der Waals surface area contributed by atoms with Crippen LogP contribution in [0.5, 0.6) is 0 Å². The number of nitrogens with one attached hydrogen (secondary N) is 1. The number of ketones is 1. The molecule has 1 aromatic heterocycles. The first kappa shape index (κ1) is 21.9. The third kappa shape index (κ3) is 4.19. The summed E-state index contributed by atoms with van der Waals surface area (Å²) >= 11 is 0. The molecule has 2 amide bonds. The summed E-state index contributed by atoms with van der Waals surface area (Å²) in [6.45, 7) is 1.91. The maximum atomic E-state index is 13.2. The van der Waals surface area contributed by atoms with Gasteiger partial charge in [-0.2, -0.15) is 0 Å². The minimum absolute atomic E-state index is 0.104. The average Bonchev–Trinajstić information content (AvgIpc) is 3.77. The summed E-state index contributed by atoms with van der Waals surface area (Å²) in [6.07, 6.45) is 5.53. The Kier molecular flexibility index (Phi) is 5.43. The lowest BCUT2D eigenvalue weighted by Crippen LogP contribution is -2.28. The first-order valence-corrected chi connectivity index (χ1v) is 11.5. The van der Waals surface area contributed by atoms with Crippen LogP contribution in [0.25, 0.3) is 5.69 Å². The quantitative estimate of drug-likeness (QED) is 0.530. The first-order chi connectivity index (χ1) is 16.3. The smallest absolute Gasteiger partial charge is 0.253 e. The molecule has 3 aromatic rings. The first-order valence-electron chi connectivity index (χ1n) is 11.5. The van der Waals surface area contributed by atoms with Gasteiger partial charge in [0.1, 0.15) is 12.1 Å². The van der Waals surface area contributed by atoms with Crippen LogP contribution in [0.3, 0.4) is 0 Å². The molecule has 0 saturated heterocycles. The van der Waals surface area contributed by atoms with Gasteiger partial charge in [0.25, 0.3) is 11.8 Å². The molecule has 174 valence electrons. The number of rotatable bonds is 7. The molecular weight excluding hydrogens is 430 g/mol. The Morgan fingerprint density at radius 2 is 1.76 bits per heavy atom. The topological polar surface area (TPSA) is 110 Å². The normalized spacial score (nSPS) is 15.1. The van der Waals surface area contributed by atoms with Crippen molar-refractivity contribution in [2.75, 3.05) is 12.8 Å². The number of hydrogen-bond acceptors (Lipinski definition) is 5. The molecule has 2 aliphatic carbocycles. The van der Waals surface area contributed by atoms with E-state index < -0.39 is 0 Å². The van der Waals surface area contributed by atoms with Crippen molar-refractivity contribution in [3.8, 4) is 5.69 Å². The molecule has 2 saturated carbocycles. The zero-order valence-electron chi connectivity index (χ0n) is 19.2. The van der Waals surface area contributed by atoms with Crippen LogP contribution in [0.1, 0.15) is 68.0 Å². The minimum Gasteiger partial charge on any atom is -0.383 e. The summed E-state index contributed by atoms with van der Waals surface area (Å²) in [7, 11) is 1.79. The average molecular weight is 458 g/mol. The number of nitrogens with two attached hydrogens (primary N) is 1. The van der Waals surface area contributed by atoms with E-state index in [0.29, 0.717) is 22.4 Å². The van der Waals surface area contributed by atoms with Crippen molar-refractivity contribution < 1.29 is 14.4 Å². The number of aryl methyl sites for hydroxylation is 1. The Morgan fingerprint density at radius 1 is 1.03 bits per heavy atom. The molecule has 0 unspecified atom stereocenters. The Labute approximate surface area is 197 Å². The number of amides is 2. The lowest BCUT2D eigenvalue weighted by atomic mass is 10.0. The highest BCUT2D eigenvalue weighted by atomic mass is 16.2. The van der Waals surface area contributed by atoms with E-state index in [1.54, 1.807) is 52.9 Å². The number of nitrogens with zero attached hydrogens (tertiary/aromatic N) is 3. The SMILES string of the molecule is Cc1ccc(C(=O)NC2CC2)cc1-n1cnc(C(=O)c2cccc(C(=O)N(C)C3CC3)c2)c1N. The van der Waals surface area contributed by atoms with E-state index in [1.807, 2.05) is 13.0 Å². The van der Waals surface area contributed by atoms with Crippen molar-refractivity contribution in [2.24, 2.45) is 0 Å². The van der Waals surface area contributed by atoms with Gasteiger partial charge in [-0.25, -0.2) is 4.98 Å². The van der Waals surface area contributed by atoms with Crippen molar-refractivity contribution >= 4 is 23.4 Å². The van der Waals surface area contributed by atoms with Crippen LogP contribution in [0, 0.1) is 6.92 Å². The van der Waals surface area contributed by atoms with Crippen LogP contribution in [0.4, 0.5) is 5.82 Å². The molecule has 0 aliphatic heterocycles. The number of carbonyl (C=O) groups excluding carboxylic acids is 3. The highest BCUT2D eigenvalue weighted by Gasteiger charge is 2.30. The van der Waals surface area contributed by atoms with E-state index in [9.17, 15) is 14.4 Å².